The first-order chi connectivity index (χ1) is 11.2. The summed E-state index contributed by atoms with van der Waals surface area (Å²) in [5, 5.41) is 2.90. The Hall–Kier alpha value is -2.69. The topological polar surface area (TPSA) is 56.8 Å². The van der Waals surface area contributed by atoms with Crippen LogP contribution in [-0.4, -0.2) is 27.2 Å². The van der Waals surface area contributed by atoms with E-state index < -0.39 is 0 Å². The van der Waals surface area contributed by atoms with Crippen LogP contribution in [0.5, 0.6) is 17.2 Å². The van der Waals surface area contributed by atoms with Crippen molar-refractivity contribution in [2.75, 3.05) is 21.3 Å². The number of ether oxygens (including phenoxy) is 3. The molecule has 5 nitrogen and oxygen atoms in total. The minimum absolute atomic E-state index is 0.0591. The highest BCUT2D eigenvalue weighted by Crippen LogP contribution is 2.24. The molecule has 0 aromatic heterocycles. The van der Waals surface area contributed by atoms with Crippen molar-refractivity contribution in [2.45, 2.75) is 13.0 Å². The number of carbonyl (C=O) groups is 1. The van der Waals surface area contributed by atoms with Crippen molar-refractivity contribution in [3.05, 3.63) is 53.6 Å². The third kappa shape index (κ3) is 4.64. The van der Waals surface area contributed by atoms with Crippen LogP contribution >= 0.6 is 0 Å². The second kappa shape index (κ2) is 8.08. The van der Waals surface area contributed by atoms with E-state index in [1.54, 1.807) is 27.4 Å². The molecule has 0 unspecified atom stereocenters. The molecule has 0 bridgehead atoms. The molecule has 0 aliphatic rings. The first kappa shape index (κ1) is 16.7. The normalized spacial score (nSPS) is 10.0. The van der Waals surface area contributed by atoms with Gasteiger partial charge in [0, 0.05) is 18.2 Å². The molecule has 0 saturated heterocycles. The molecule has 0 fully saturated rings. The van der Waals surface area contributed by atoms with Crippen molar-refractivity contribution in [3.63, 3.8) is 0 Å². The van der Waals surface area contributed by atoms with Crippen molar-refractivity contribution in [3.8, 4) is 17.2 Å². The van der Waals surface area contributed by atoms with Crippen LogP contribution in [0.15, 0.2) is 42.5 Å². The van der Waals surface area contributed by atoms with E-state index in [9.17, 15) is 4.79 Å². The molecule has 0 atom stereocenters. The SMILES string of the molecule is COc1cccc(CC(=O)NCc2ccc(OC)cc2OC)c1. The predicted molar refractivity (Wildman–Crippen MR) is 88.1 cm³/mol. The second-order valence-corrected chi connectivity index (χ2v) is 4.98. The van der Waals surface area contributed by atoms with Gasteiger partial charge in [0.2, 0.25) is 5.91 Å². The van der Waals surface area contributed by atoms with Crippen molar-refractivity contribution in [1.29, 1.82) is 0 Å². The zero-order chi connectivity index (χ0) is 16.7. The standard InChI is InChI=1S/C18H21NO4/c1-21-15-6-4-5-13(9-15)10-18(20)19-12-14-7-8-16(22-2)11-17(14)23-3/h4-9,11H,10,12H2,1-3H3,(H,19,20). The van der Waals surface area contributed by atoms with E-state index in [2.05, 4.69) is 5.32 Å². The second-order valence-electron chi connectivity index (χ2n) is 4.98. The number of nitrogens with one attached hydrogen (secondary N) is 1. The van der Waals surface area contributed by atoms with Crippen LogP contribution < -0.4 is 19.5 Å². The molecule has 0 radical (unpaired) electrons. The van der Waals surface area contributed by atoms with E-state index in [0.29, 0.717) is 24.5 Å². The molecule has 0 aliphatic heterocycles. The molecular formula is C18H21NO4. The molecule has 2 aromatic carbocycles. The van der Waals surface area contributed by atoms with Crippen LogP contribution in [0, 0.1) is 0 Å². The van der Waals surface area contributed by atoms with Gasteiger partial charge in [-0.05, 0) is 29.8 Å². The fraction of sp³-hybridized carbons (Fsp3) is 0.278. The van der Waals surface area contributed by atoms with Gasteiger partial charge in [-0.15, -0.1) is 0 Å². The summed E-state index contributed by atoms with van der Waals surface area (Å²) in [4.78, 5) is 12.1. The largest absolute Gasteiger partial charge is 0.497 e. The Morgan fingerprint density at radius 1 is 0.957 bits per heavy atom. The van der Waals surface area contributed by atoms with Gasteiger partial charge in [-0.2, -0.15) is 0 Å². The molecule has 2 aromatic rings. The van der Waals surface area contributed by atoms with Gasteiger partial charge in [-0.25, -0.2) is 0 Å². The summed E-state index contributed by atoms with van der Waals surface area (Å²) in [7, 11) is 4.80. The van der Waals surface area contributed by atoms with Gasteiger partial charge in [-0.3, -0.25) is 4.79 Å². The van der Waals surface area contributed by atoms with Crippen LogP contribution in [0.1, 0.15) is 11.1 Å². The molecule has 0 heterocycles. The summed E-state index contributed by atoms with van der Waals surface area (Å²) in [6, 6.07) is 13.0. The lowest BCUT2D eigenvalue weighted by atomic mass is 10.1. The number of hydrogen-bond acceptors (Lipinski definition) is 4. The van der Waals surface area contributed by atoms with Crippen molar-refractivity contribution in [2.24, 2.45) is 0 Å². The van der Waals surface area contributed by atoms with E-state index in [0.717, 1.165) is 16.9 Å². The molecule has 23 heavy (non-hydrogen) atoms. The van der Waals surface area contributed by atoms with Crippen LogP contribution in [0.4, 0.5) is 0 Å². The maximum absolute atomic E-state index is 12.1. The van der Waals surface area contributed by atoms with E-state index in [1.807, 2.05) is 36.4 Å². The van der Waals surface area contributed by atoms with Crippen molar-refractivity contribution < 1.29 is 19.0 Å². The maximum Gasteiger partial charge on any atom is 0.224 e. The lowest BCUT2D eigenvalue weighted by molar-refractivity contribution is -0.120. The summed E-state index contributed by atoms with van der Waals surface area (Å²) in [6.45, 7) is 0.399. The Morgan fingerprint density at radius 3 is 2.39 bits per heavy atom. The van der Waals surface area contributed by atoms with E-state index in [1.165, 1.54) is 0 Å². The fourth-order valence-electron chi connectivity index (χ4n) is 2.22. The highest BCUT2D eigenvalue weighted by atomic mass is 16.5. The third-order valence-corrected chi connectivity index (χ3v) is 3.47. The summed E-state index contributed by atoms with van der Waals surface area (Å²) >= 11 is 0. The van der Waals surface area contributed by atoms with Crippen LogP contribution in [0.3, 0.4) is 0 Å². The summed E-state index contributed by atoms with van der Waals surface area (Å²) in [5.41, 5.74) is 1.80. The number of amides is 1. The van der Waals surface area contributed by atoms with Gasteiger partial charge in [0.1, 0.15) is 17.2 Å². The molecule has 5 heteroatoms. The predicted octanol–water partition coefficient (Wildman–Crippen LogP) is 2.57. The zero-order valence-electron chi connectivity index (χ0n) is 13.6. The highest BCUT2D eigenvalue weighted by molar-refractivity contribution is 5.78. The average Bonchev–Trinajstić information content (AvgIpc) is 2.59. The monoisotopic (exact) mass is 315 g/mol. The van der Waals surface area contributed by atoms with Gasteiger partial charge in [0.05, 0.1) is 27.8 Å². The molecule has 0 aliphatic carbocycles. The van der Waals surface area contributed by atoms with Gasteiger partial charge in [-0.1, -0.05) is 12.1 Å². The lowest BCUT2D eigenvalue weighted by Crippen LogP contribution is -2.24. The lowest BCUT2D eigenvalue weighted by Gasteiger charge is -2.11. The molecule has 1 amide bonds. The Bertz CT molecular complexity index is 670. The van der Waals surface area contributed by atoms with E-state index in [-0.39, 0.29) is 5.91 Å². The molecule has 0 spiro atoms. The Kier molecular flexibility index (Phi) is 5.86. The summed E-state index contributed by atoms with van der Waals surface area (Å²) < 4.78 is 15.6. The minimum Gasteiger partial charge on any atom is -0.497 e. The van der Waals surface area contributed by atoms with Crippen molar-refractivity contribution >= 4 is 5.91 Å². The third-order valence-electron chi connectivity index (χ3n) is 3.47. The molecule has 0 saturated carbocycles. The summed E-state index contributed by atoms with van der Waals surface area (Å²) in [5.74, 6) is 2.09. The highest BCUT2D eigenvalue weighted by Gasteiger charge is 2.08. The fourth-order valence-corrected chi connectivity index (χ4v) is 2.22. The Morgan fingerprint density at radius 2 is 1.70 bits per heavy atom. The van der Waals surface area contributed by atoms with E-state index >= 15 is 0 Å². The minimum atomic E-state index is -0.0591. The Balaban J connectivity index is 1.96. The average molecular weight is 315 g/mol. The smallest absolute Gasteiger partial charge is 0.224 e. The first-order valence-corrected chi connectivity index (χ1v) is 7.26. The number of hydrogen-bond donors (Lipinski definition) is 1. The van der Waals surface area contributed by atoms with Gasteiger partial charge in [0.25, 0.3) is 0 Å². The van der Waals surface area contributed by atoms with Crippen molar-refractivity contribution in [1.82, 2.24) is 5.32 Å². The Labute approximate surface area is 136 Å². The van der Waals surface area contributed by atoms with Gasteiger partial charge in [0.15, 0.2) is 0 Å². The van der Waals surface area contributed by atoms with Crippen LogP contribution in [0.2, 0.25) is 0 Å². The maximum atomic E-state index is 12.1. The molecule has 122 valence electrons. The quantitative estimate of drug-likeness (QED) is 0.853. The van der Waals surface area contributed by atoms with Crippen LogP contribution in [-0.2, 0) is 17.8 Å². The van der Waals surface area contributed by atoms with E-state index in [4.69, 9.17) is 14.2 Å². The summed E-state index contributed by atoms with van der Waals surface area (Å²) in [6.07, 6.45) is 0.301. The first-order valence-electron chi connectivity index (χ1n) is 7.26. The number of carbonyl (C=O) groups excluding carboxylic acids is 1. The molecule has 1 N–H and O–H groups in total. The van der Waals surface area contributed by atoms with Gasteiger partial charge >= 0.3 is 0 Å². The number of methoxy groups -OCH3 is 3. The molecule has 2 rings (SSSR count). The zero-order valence-corrected chi connectivity index (χ0v) is 13.6. The number of benzene rings is 2. The number of rotatable bonds is 7. The molecular weight excluding hydrogens is 294 g/mol. The van der Waals surface area contributed by atoms with Crippen LogP contribution in [0.25, 0.3) is 0 Å². The van der Waals surface area contributed by atoms with Gasteiger partial charge < -0.3 is 19.5 Å².